The summed E-state index contributed by atoms with van der Waals surface area (Å²) < 4.78 is 0. The van der Waals surface area contributed by atoms with E-state index in [0.717, 1.165) is 46.2 Å². The number of hydrogen-bond donors (Lipinski definition) is 3. The predicted octanol–water partition coefficient (Wildman–Crippen LogP) is 3.72. The zero-order valence-corrected chi connectivity index (χ0v) is 23.8. The van der Waals surface area contributed by atoms with Crippen LogP contribution < -0.4 is 26.6 Å². The number of aromatic nitrogens is 1. The van der Waals surface area contributed by atoms with E-state index in [9.17, 15) is 10.1 Å². The maximum atomic E-state index is 13.4. The van der Waals surface area contributed by atoms with Crippen LogP contribution in [-0.2, 0) is 5.41 Å². The number of fused-ring (bicyclic) bond motifs is 1. The lowest BCUT2D eigenvalue weighted by Crippen LogP contribution is -2.34. The highest BCUT2D eigenvalue weighted by atomic mass is 31.0. The lowest BCUT2D eigenvalue weighted by Gasteiger charge is -2.26. The molecule has 5 rings (SSSR count). The van der Waals surface area contributed by atoms with Gasteiger partial charge in [0.15, 0.2) is 0 Å². The molecule has 0 radical (unpaired) electrons. The Morgan fingerprint density at radius 3 is 2.69 bits per heavy atom. The highest BCUT2D eigenvalue weighted by molar-refractivity contribution is 7.28. The minimum absolute atomic E-state index is 0.226. The number of nitrogens with one attached hydrogen (secondary N) is 2. The number of nitrogens with zero attached hydrogens (tertiary/aromatic N) is 3. The van der Waals surface area contributed by atoms with Crippen LogP contribution in [0.1, 0.15) is 52.9 Å². The molecule has 1 aromatic heterocycles. The van der Waals surface area contributed by atoms with Crippen LogP contribution in [0.4, 0.5) is 17.2 Å². The Bertz CT molecular complexity index is 1560. The summed E-state index contributed by atoms with van der Waals surface area (Å²) in [6.07, 6.45) is 2.80. The summed E-state index contributed by atoms with van der Waals surface area (Å²) in [5, 5.41) is 17.1. The van der Waals surface area contributed by atoms with Gasteiger partial charge in [-0.05, 0) is 87.7 Å². The van der Waals surface area contributed by atoms with E-state index in [1.807, 2.05) is 52.1 Å². The quantitative estimate of drug-likeness (QED) is 0.339. The Morgan fingerprint density at radius 2 is 2.00 bits per heavy atom. The van der Waals surface area contributed by atoms with Gasteiger partial charge in [-0.3, -0.25) is 4.79 Å². The number of nitrogens with two attached hydrogens (primary N) is 1. The Hall–Kier alpha value is -3.90. The highest BCUT2D eigenvalue weighted by Gasteiger charge is 2.53. The van der Waals surface area contributed by atoms with Crippen LogP contribution in [0.15, 0.2) is 48.7 Å². The summed E-state index contributed by atoms with van der Waals surface area (Å²) in [7, 11) is 4.57. The van der Waals surface area contributed by atoms with E-state index < -0.39 is 5.41 Å². The van der Waals surface area contributed by atoms with Crippen molar-refractivity contribution >= 4 is 37.6 Å². The molecule has 2 aromatic carbocycles. The average Bonchev–Trinajstić information content (AvgIpc) is 3.63. The molecular formula is C31H33N6OP. The molecule has 1 saturated carbocycles. The molecule has 198 valence electrons. The maximum Gasteiger partial charge on any atom is 0.255 e. The largest absolute Gasteiger partial charge is 0.383 e. The fourth-order valence-electron chi connectivity index (χ4n) is 5.15. The summed E-state index contributed by atoms with van der Waals surface area (Å²) in [5.41, 5.74) is 10.7. The van der Waals surface area contributed by atoms with E-state index in [0.29, 0.717) is 35.1 Å². The number of hydrogen-bond acceptors (Lipinski definition) is 6. The number of carbonyl (C=O) groups is 1. The third-order valence-electron chi connectivity index (χ3n) is 7.79. The van der Waals surface area contributed by atoms with Gasteiger partial charge in [-0.1, -0.05) is 17.9 Å². The molecule has 4 unspecified atom stereocenters. The lowest BCUT2D eigenvalue weighted by atomic mass is 9.85. The van der Waals surface area contributed by atoms with Crippen molar-refractivity contribution in [2.24, 2.45) is 5.92 Å². The van der Waals surface area contributed by atoms with E-state index in [4.69, 9.17) is 5.73 Å². The maximum absolute atomic E-state index is 13.4. The van der Waals surface area contributed by atoms with Gasteiger partial charge in [0.05, 0.1) is 11.5 Å². The number of piperidine rings is 1. The fraction of sp³-hybridized carbons (Fsp3) is 0.323. The highest BCUT2D eigenvalue weighted by Crippen LogP contribution is 2.47. The predicted molar refractivity (Wildman–Crippen MR) is 160 cm³/mol. The van der Waals surface area contributed by atoms with Crippen LogP contribution in [0.2, 0.25) is 0 Å². The molecule has 4 atom stereocenters. The zero-order chi connectivity index (χ0) is 27.9. The molecule has 3 aromatic rings. The second kappa shape index (κ2) is 10.3. The molecule has 1 aliphatic heterocycles. The zero-order valence-electron chi connectivity index (χ0n) is 22.7. The van der Waals surface area contributed by atoms with Gasteiger partial charge in [0.1, 0.15) is 5.82 Å². The molecule has 1 aliphatic carbocycles. The first-order valence-corrected chi connectivity index (χ1v) is 13.6. The van der Waals surface area contributed by atoms with Crippen LogP contribution in [0, 0.1) is 36.0 Å². The van der Waals surface area contributed by atoms with Gasteiger partial charge >= 0.3 is 0 Å². The SMILES string of the molecule is CNC1CN(c2cc(NC(=O)c3ccc(C)c(C#Cc4cnc(N)c(P)c4)c3)cc(C(C)(C)C#N)c2)C2CC12. The average molecular weight is 537 g/mol. The fourth-order valence-corrected chi connectivity index (χ4v) is 5.41. The summed E-state index contributed by atoms with van der Waals surface area (Å²) in [6.45, 7) is 6.68. The molecule has 2 heterocycles. The number of carbonyl (C=O) groups excluding carboxylic acids is 1. The Balaban J connectivity index is 1.42. The number of aryl methyl sites for hydroxylation is 1. The second-order valence-electron chi connectivity index (χ2n) is 11.0. The number of rotatable bonds is 5. The molecule has 1 saturated heterocycles. The molecule has 0 bridgehead atoms. The first-order valence-electron chi connectivity index (χ1n) is 13.1. The molecule has 7 nitrogen and oxygen atoms in total. The van der Waals surface area contributed by atoms with Crippen molar-refractivity contribution in [3.8, 4) is 17.9 Å². The Morgan fingerprint density at radius 1 is 1.21 bits per heavy atom. The first-order chi connectivity index (χ1) is 18.6. The first kappa shape index (κ1) is 26.7. The van der Waals surface area contributed by atoms with Crippen molar-refractivity contribution in [3.63, 3.8) is 0 Å². The van der Waals surface area contributed by atoms with Crippen LogP contribution in [0.25, 0.3) is 0 Å². The molecule has 0 spiro atoms. The number of nitrogen functional groups attached to an aromatic ring is 1. The third kappa shape index (κ3) is 5.48. The van der Waals surface area contributed by atoms with Crippen molar-refractivity contribution in [2.75, 3.05) is 29.5 Å². The van der Waals surface area contributed by atoms with Gasteiger partial charge in [0.2, 0.25) is 0 Å². The van der Waals surface area contributed by atoms with E-state index in [1.165, 1.54) is 0 Å². The van der Waals surface area contributed by atoms with Crippen molar-refractivity contribution in [3.05, 3.63) is 76.5 Å². The minimum atomic E-state index is -0.693. The molecule has 2 aliphatic rings. The number of pyridine rings is 1. The van der Waals surface area contributed by atoms with Gasteiger partial charge in [-0.2, -0.15) is 5.26 Å². The molecule has 2 fully saturated rings. The smallest absolute Gasteiger partial charge is 0.255 e. The molecule has 4 N–H and O–H groups in total. The van der Waals surface area contributed by atoms with E-state index in [-0.39, 0.29) is 5.91 Å². The van der Waals surface area contributed by atoms with Gasteiger partial charge in [0.25, 0.3) is 5.91 Å². The van der Waals surface area contributed by atoms with Crippen molar-refractivity contribution in [2.45, 2.75) is 44.7 Å². The van der Waals surface area contributed by atoms with Gasteiger partial charge in [-0.15, -0.1) is 9.24 Å². The second-order valence-corrected chi connectivity index (χ2v) is 11.6. The monoisotopic (exact) mass is 536 g/mol. The number of benzene rings is 2. The number of likely N-dealkylation sites (N-methyl/N-ethyl adjacent to an activating group) is 1. The molecule has 8 heteroatoms. The lowest BCUT2D eigenvalue weighted by molar-refractivity contribution is 0.102. The normalized spacial score (nSPS) is 19.5. The topological polar surface area (TPSA) is 107 Å². The standard InChI is InChI=1S/C31H33N6OP/c1-18-5-7-21(10-20(18)8-6-19-9-28(39)29(33)35-15-19)30(38)36-23-11-22(31(2,3)17-32)12-24(13-23)37-16-26(34-4)25-14-27(25)37/h5,7,9-13,15,25-27,34H,14,16,39H2,1-4H3,(H2,33,35)(H,36,38). The minimum Gasteiger partial charge on any atom is -0.383 e. The Labute approximate surface area is 232 Å². The van der Waals surface area contributed by atoms with Crippen LogP contribution in [0.3, 0.4) is 0 Å². The van der Waals surface area contributed by atoms with Gasteiger partial charge < -0.3 is 21.3 Å². The van der Waals surface area contributed by atoms with Gasteiger partial charge in [0, 0.05) is 58.2 Å². The summed E-state index contributed by atoms with van der Waals surface area (Å²) in [5.74, 6) is 7.16. The van der Waals surface area contributed by atoms with Crippen LogP contribution in [-0.4, -0.2) is 36.6 Å². The number of anilines is 3. The van der Waals surface area contributed by atoms with Crippen molar-refractivity contribution < 1.29 is 4.79 Å². The van der Waals surface area contributed by atoms with Crippen LogP contribution in [0.5, 0.6) is 0 Å². The summed E-state index contributed by atoms with van der Waals surface area (Å²) in [4.78, 5) is 20.0. The van der Waals surface area contributed by atoms with Crippen LogP contribution >= 0.6 is 9.24 Å². The van der Waals surface area contributed by atoms with Gasteiger partial charge in [-0.25, -0.2) is 4.98 Å². The molecule has 39 heavy (non-hydrogen) atoms. The molecule has 1 amide bonds. The van der Waals surface area contributed by atoms with E-state index in [1.54, 1.807) is 18.3 Å². The number of nitriles is 1. The van der Waals surface area contributed by atoms with E-state index in [2.05, 4.69) is 53.7 Å². The van der Waals surface area contributed by atoms with Crippen molar-refractivity contribution in [1.29, 1.82) is 5.26 Å². The van der Waals surface area contributed by atoms with E-state index >= 15 is 0 Å². The third-order valence-corrected chi connectivity index (χ3v) is 8.25. The molecular weight excluding hydrogens is 503 g/mol. The summed E-state index contributed by atoms with van der Waals surface area (Å²) >= 11 is 0. The Kier molecular flexibility index (Phi) is 7.08. The van der Waals surface area contributed by atoms with Crippen molar-refractivity contribution in [1.82, 2.24) is 10.3 Å². The number of amides is 1. The summed E-state index contributed by atoms with van der Waals surface area (Å²) in [6, 6.07) is 16.8.